The summed E-state index contributed by atoms with van der Waals surface area (Å²) in [5.74, 6) is -2.34. The minimum absolute atomic E-state index is 0.0584. The molecular weight excluding hydrogens is 466 g/mol. The number of Topliss-reactive ketones (excluding diaryl/α,β-unsaturated/α-hetero) is 1. The molecule has 2 heterocycles. The summed E-state index contributed by atoms with van der Waals surface area (Å²) in [5.41, 5.74) is -0.879. The second-order valence-electron chi connectivity index (χ2n) is 11.0. The maximum atomic E-state index is 13.5. The summed E-state index contributed by atoms with van der Waals surface area (Å²) in [7, 11) is 5.44. The van der Waals surface area contributed by atoms with Crippen molar-refractivity contribution in [3.05, 3.63) is 0 Å². The van der Waals surface area contributed by atoms with E-state index >= 15 is 0 Å². The van der Waals surface area contributed by atoms with Crippen molar-refractivity contribution in [3.8, 4) is 0 Å². The van der Waals surface area contributed by atoms with Crippen LogP contribution in [0.2, 0.25) is 0 Å². The molecule has 10 heteroatoms. The summed E-state index contributed by atoms with van der Waals surface area (Å²) < 4.78 is 23.9. The zero-order chi connectivity index (χ0) is 27.0. The third-order valence-corrected chi connectivity index (χ3v) is 7.58. The van der Waals surface area contributed by atoms with Crippen LogP contribution in [0.3, 0.4) is 0 Å². The average molecular weight is 516 g/mol. The number of carbonyl (C=O) groups is 2. The minimum Gasteiger partial charge on any atom is -0.449 e. The Labute approximate surface area is 216 Å². The van der Waals surface area contributed by atoms with E-state index in [-0.39, 0.29) is 30.6 Å². The SMILES string of the molecule is CO[C@]1(C)C[C@@H](C)CNCCCNCOC(=O)C(C)C(=O)[C@H](C)[C@H]1O[C@@H]1O[C@H](C)C[C@H](N(C)C)[C@H]1O. The number of aliphatic hydroxyl groups excluding tert-OH is 1. The van der Waals surface area contributed by atoms with Gasteiger partial charge >= 0.3 is 5.97 Å². The van der Waals surface area contributed by atoms with Crippen molar-refractivity contribution in [1.82, 2.24) is 15.5 Å². The van der Waals surface area contributed by atoms with Crippen LogP contribution in [0, 0.1) is 17.8 Å². The molecule has 2 saturated heterocycles. The van der Waals surface area contributed by atoms with Crippen molar-refractivity contribution in [1.29, 1.82) is 0 Å². The number of hydrogen-bond acceptors (Lipinski definition) is 10. The first kappa shape index (κ1) is 31.1. The number of nitrogens with one attached hydrogen (secondary N) is 2. The molecule has 2 aliphatic heterocycles. The molecule has 36 heavy (non-hydrogen) atoms. The number of aliphatic hydroxyl groups is 1. The van der Waals surface area contributed by atoms with Crippen molar-refractivity contribution >= 4 is 11.8 Å². The molecular formula is C26H49N3O7. The first-order chi connectivity index (χ1) is 16.9. The molecule has 3 N–H and O–H groups in total. The summed E-state index contributed by atoms with van der Waals surface area (Å²) in [6.45, 7) is 11.7. The van der Waals surface area contributed by atoms with Crippen molar-refractivity contribution in [2.24, 2.45) is 17.8 Å². The highest BCUT2D eigenvalue weighted by Crippen LogP contribution is 2.35. The van der Waals surface area contributed by atoms with E-state index in [9.17, 15) is 14.7 Å². The Balaban J connectivity index is 2.39. The second-order valence-corrected chi connectivity index (χ2v) is 11.0. The van der Waals surface area contributed by atoms with Gasteiger partial charge in [0.2, 0.25) is 0 Å². The molecule has 210 valence electrons. The van der Waals surface area contributed by atoms with Gasteiger partial charge < -0.3 is 34.3 Å². The first-order valence-electron chi connectivity index (χ1n) is 13.2. The fraction of sp³-hybridized carbons (Fsp3) is 0.923. The summed E-state index contributed by atoms with van der Waals surface area (Å²) in [5, 5.41) is 17.7. The number of carbonyl (C=O) groups excluding carboxylic acids is 2. The quantitative estimate of drug-likeness (QED) is 0.372. The maximum Gasteiger partial charge on any atom is 0.317 e. The van der Waals surface area contributed by atoms with Crippen molar-refractivity contribution in [2.45, 2.75) is 90.1 Å². The number of nitrogens with zero attached hydrogens (tertiary/aromatic N) is 1. The number of cyclic esters (lactones) is 1. The molecule has 0 saturated carbocycles. The van der Waals surface area contributed by atoms with Gasteiger partial charge in [-0.3, -0.25) is 14.9 Å². The Morgan fingerprint density at radius 1 is 1.11 bits per heavy atom. The van der Waals surface area contributed by atoms with Gasteiger partial charge in [-0.05, 0) is 79.7 Å². The maximum absolute atomic E-state index is 13.5. The number of likely N-dealkylation sites (N-methyl/N-ethyl adjacent to an activating group) is 1. The van der Waals surface area contributed by atoms with Gasteiger partial charge in [0.1, 0.15) is 18.8 Å². The van der Waals surface area contributed by atoms with E-state index in [4.69, 9.17) is 18.9 Å². The van der Waals surface area contributed by atoms with Crippen molar-refractivity contribution in [3.63, 3.8) is 0 Å². The lowest BCUT2D eigenvalue weighted by atomic mass is 9.78. The lowest BCUT2D eigenvalue weighted by Gasteiger charge is -2.46. The third-order valence-electron chi connectivity index (χ3n) is 7.58. The largest absolute Gasteiger partial charge is 0.449 e. The Hall–Kier alpha value is -1.14. The highest BCUT2D eigenvalue weighted by atomic mass is 16.7. The van der Waals surface area contributed by atoms with Gasteiger partial charge in [-0.1, -0.05) is 13.8 Å². The van der Waals surface area contributed by atoms with E-state index in [2.05, 4.69) is 17.6 Å². The van der Waals surface area contributed by atoms with Gasteiger partial charge in [-0.25, -0.2) is 0 Å². The number of esters is 1. The number of methoxy groups -OCH3 is 1. The van der Waals surface area contributed by atoms with Crippen LogP contribution in [0.4, 0.5) is 0 Å². The number of rotatable bonds is 4. The molecule has 2 fully saturated rings. The van der Waals surface area contributed by atoms with E-state index in [0.29, 0.717) is 19.4 Å². The van der Waals surface area contributed by atoms with Gasteiger partial charge in [-0.15, -0.1) is 0 Å². The molecule has 0 amide bonds. The molecule has 2 rings (SSSR count). The first-order valence-corrected chi connectivity index (χ1v) is 13.2. The molecule has 9 atom stereocenters. The number of ether oxygens (including phenoxy) is 4. The van der Waals surface area contributed by atoms with Crippen LogP contribution in [0.1, 0.15) is 53.9 Å². The van der Waals surface area contributed by atoms with Crippen LogP contribution in [0.5, 0.6) is 0 Å². The number of hydrogen-bond donors (Lipinski definition) is 3. The van der Waals surface area contributed by atoms with Crippen LogP contribution in [0.15, 0.2) is 0 Å². The molecule has 2 aliphatic rings. The van der Waals surface area contributed by atoms with Crippen LogP contribution >= 0.6 is 0 Å². The molecule has 0 spiro atoms. The van der Waals surface area contributed by atoms with E-state index in [1.807, 2.05) is 32.8 Å². The summed E-state index contributed by atoms with van der Waals surface area (Å²) >= 11 is 0. The molecule has 0 bridgehead atoms. The smallest absolute Gasteiger partial charge is 0.317 e. The summed E-state index contributed by atoms with van der Waals surface area (Å²) in [6, 6.07) is -0.158. The lowest BCUT2D eigenvalue weighted by Crippen LogP contribution is -2.59. The Kier molecular flexibility index (Phi) is 12.2. The number of ketones is 1. The summed E-state index contributed by atoms with van der Waals surface area (Å²) in [6.07, 6.45) is -0.619. The highest BCUT2D eigenvalue weighted by Gasteiger charge is 2.48. The van der Waals surface area contributed by atoms with E-state index in [1.165, 1.54) is 0 Å². The predicted octanol–water partition coefficient (Wildman–Crippen LogP) is 1.15. The minimum atomic E-state index is -0.966. The molecule has 0 radical (unpaired) electrons. The molecule has 0 aliphatic carbocycles. The van der Waals surface area contributed by atoms with Crippen LogP contribution in [-0.4, -0.2) is 106 Å². The molecule has 10 nitrogen and oxygen atoms in total. The van der Waals surface area contributed by atoms with Gasteiger partial charge in [0.25, 0.3) is 0 Å². The third kappa shape index (κ3) is 8.18. The topological polar surface area (TPSA) is 119 Å². The molecule has 0 aromatic heterocycles. The van der Waals surface area contributed by atoms with E-state index in [1.54, 1.807) is 21.0 Å². The van der Waals surface area contributed by atoms with Crippen LogP contribution < -0.4 is 10.6 Å². The van der Waals surface area contributed by atoms with Gasteiger partial charge in [0, 0.05) is 19.1 Å². The van der Waals surface area contributed by atoms with Gasteiger partial charge in [0.15, 0.2) is 12.1 Å². The van der Waals surface area contributed by atoms with Gasteiger partial charge in [0.05, 0.1) is 17.8 Å². The van der Waals surface area contributed by atoms with Gasteiger partial charge in [-0.2, -0.15) is 0 Å². The summed E-state index contributed by atoms with van der Waals surface area (Å²) in [4.78, 5) is 28.1. The Morgan fingerprint density at radius 3 is 2.42 bits per heavy atom. The molecule has 0 aromatic carbocycles. The highest BCUT2D eigenvalue weighted by molar-refractivity contribution is 5.99. The Bertz CT molecular complexity index is 709. The van der Waals surface area contributed by atoms with E-state index in [0.717, 1.165) is 19.5 Å². The molecule has 0 aromatic rings. The zero-order valence-electron chi connectivity index (χ0n) is 23.4. The predicted molar refractivity (Wildman–Crippen MR) is 136 cm³/mol. The second kappa shape index (κ2) is 14.1. The normalized spacial score (nSPS) is 40.7. The van der Waals surface area contributed by atoms with E-state index < -0.39 is 41.9 Å². The van der Waals surface area contributed by atoms with Crippen LogP contribution in [-0.2, 0) is 28.5 Å². The monoisotopic (exact) mass is 515 g/mol. The molecule has 1 unspecified atom stereocenters. The van der Waals surface area contributed by atoms with Crippen molar-refractivity contribution < 1.29 is 33.6 Å². The Morgan fingerprint density at radius 2 is 1.78 bits per heavy atom. The fourth-order valence-corrected chi connectivity index (χ4v) is 5.34. The van der Waals surface area contributed by atoms with Crippen molar-refractivity contribution in [2.75, 3.05) is 47.6 Å². The average Bonchev–Trinajstić information content (AvgIpc) is 2.83. The fourth-order valence-electron chi connectivity index (χ4n) is 5.34. The lowest BCUT2D eigenvalue weighted by molar-refractivity contribution is -0.295. The zero-order valence-corrected chi connectivity index (χ0v) is 23.4. The van der Waals surface area contributed by atoms with Crippen LogP contribution in [0.25, 0.3) is 0 Å². The standard InChI is InChI=1S/C26H49N3O7/c1-16-13-26(5,33-8)23(36-25-22(31)20(29(6)7)12-17(2)35-25)18(3)21(30)19(4)24(32)34-15-28-11-9-10-27-14-16/h16-20,22-23,25,27-28,31H,9-15H2,1-8H3/t16-,17-,18+,19?,20+,22-,23-,25+,26-/m1/s1.